The number of alkyl halides is 4. The van der Waals surface area contributed by atoms with Crippen LogP contribution in [0.4, 0.5) is 34.6 Å². The molecule has 4 amide bonds. The van der Waals surface area contributed by atoms with Gasteiger partial charge < -0.3 is 15.4 Å². The minimum Gasteiger partial charge on any atom is -0.493 e. The molecule has 4 N–H and O–H groups in total. The molecule has 3 heterocycles. The Balaban J connectivity index is 0.00000641. The van der Waals surface area contributed by atoms with Crippen molar-refractivity contribution in [1.82, 2.24) is 15.0 Å². The Kier molecular flexibility index (Phi) is 14.3. The number of benzene rings is 3. The van der Waals surface area contributed by atoms with Crippen LogP contribution in [0.3, 0.4) is 0 Å². The predicted molar refractivity (Wildman–Crippen MR) is 216 cm³/mol. The molecule has 18 heteroatoms. The number of aryl methyl sites for hydroxylation is 1. The first kappa shape index (κ1) is 44.2. The minimum absolute atomic E-state index is 0. The Bertz CT molecular complexity index is 2060. The van der Waals surface area contributed by atoms with E-state index in [-0.39, 0.29) is 55.2 Å². The second-order valence-corrected chi connectivity index (χ2v) is 17.3. The van der Waals surface area contributed by atoms with Crippen molar-refractivity contribution in [2.24, 2.45) is 5.92 Å². The van der Waals surface area contributed by atoms with E-state index in [9.17, 15) is 42.0 Å². The van der Waals surface area contributed by atoms with E-state index in [1.54, 1.807) is 62.4 Å². The van der Waals surface area contributed by atoms with Crippen LogP contribution in [0.15, 0.2) is 65.6 Å². The fraction of sp³-hybridized carbons (Fsp3) is 0.425. The zero-order valence-electron chi connectivity index (χ0n) is 32.0. The highest BCUT2D eigenvalue weighted by Crippen LogP contribution is 2.52. The van der Waals surface area contributed by atoms with E-state index >= 15 is 0 Å². The number of hydrazine groups is 1. The molecular formula is C40H46ClF4N7O5S. The molecule has 3 aromatic rings. The second-order valence-electron chi connectivity index (χ2n) is 14.8. The lowest BCUT2D eigenvalue weighted by molar-refractivity contribution is -0.138. The van der Waals surface area contributed by atoms with Gasteiger partial charge in [0.2, 0.25) is 17.7 Å². The van der Waals surface area contributed by atoms with Gasteiger partial charge in [-0.05, 0) is 119 Å². The van der Waals surface area contributed by atoms with Gasteiger partial charge in [0.05, 0.1) is 47.5 Å². The summed E-state index contributed by atoms with van der Waals surface area (Å²) in [6, 6.07) is 16.6. The zero-order valence-corrected chi connectivity index (χ0v) is 33.7. The lowest BCUT2D eigenvalue weighted by atomic mass is 9.94. The van der Waals surface area contributed by atoms with Crippen molar-refractivity contribution in [3.8, 4) is 11.8 Å². The van der Waals surface area contributed by atoms with Crippen LogP contribution in [-0.2, 0) is 31.8 Å². The number of nitriles is 1. The van der Waals surface area contributed by atoms with Gasteiger partial charge >= 0.3 is 6.18 Å². The first-order valence-corrected chi connectivity index (χ1v) is 20.1. The molecule has 12 nitrogen and oxygen atoms in total. The molecule has 3 fully saturated rings. The molecule has 3 aliphatic heterocycles. The van der Waals surface area contributed by atoms with Gasteiger partial charge in [-0.15, -0.1) is 23.5 Å². The number of hydrogen-bond acceptors (Lipinski definition) is 9. The van der Waals surface area contributed by atoms with Crippen molar-refractivity contribution in [3.63, 3.8) is 0 Å². The van der Waals surface area contributed by atoms with E-state index < -0.39 is 51.8 Å². The minimum atomic E-state index is -4.78. The van der Waals surface area contributed by atoms with Crippen LogP contribution >= 0.6 is 23.5 Å². The van der Waals surface area contributed by atoms with Crippen LogP contribution in [0.2, 0.25) is 0 Å². The Morgan fingerprint density at radius 2 is 1.78 bits per heavy atom. The van der Waals surface area contributed by atoms with E-state index in [0.29, 0.717) is 46.5 Å². The van der Waals surface area contributed by atoms with Crippen LogP contribution < -0.4 is 30.5 Å². The molecule has 3 aromatic carbocycles. The maximum Gasteiger partial charge on any atom is 0.417 e. The summed E-state index contributed by atoms with van der Waals surface area (Å²) >= 11 is -1.49. The maximum absolute atomic E-state index is 13.7. The largest absolute Gasteiger partial charge is 0.493 e. The molecule has 0 aromatic heterocycles. The molecule has 6 rings (SSSR count). The third kappa shape index (κ3) is 10.4. The maximum atomic E-state index is 13.7. The highest BCUT2D eigenvalue weighted by molar-refractivity contribution is 8.17. The molecule has 0 radical (unpaired) electrons. The number of rotatable bonds is 13. The molecule has 3 saturated heterocycles. The smallest absolute Gasteiger partial charge is 0.417 e. The van der Waals surface area contributed by atoms with Crippen LogP contribution in [0.5, 0.6) is 5.75 Å². The number of piperidine rings is 2. The van der Waals surface area contributed by atoms with Gasteiger partial charge in [0.15, 0.2) is 0 Å². The summed E-state index contributed by atoms with van der Waals surface area (Å²) in [5.41, 5.74) is 0.166. The lowest BCUT2D eigenvalue weighted by Crippen LogP contribution is -2.47. The molecule has 0 aliphatic carbocycles. The van der Waals surface area contributed by atoms with E-state index in [1.807, 2.05) is 0 Å². The van der Waals surface area contributed by atoms with Crippen LogP contribution in [0, 0.1) is 17.2 Å². The monoisotopic (exact) mass is 847 g/mol. The van der Waals surface area contributed by atoms with E-state index in [4.69, 9.17) is 4.74 Å². The Morgan fingerprint density at radius 1 is 1.03 bits per heavy atom. The summed E-state index contributed by atoms with van der Waals surface area (Å²) in [4.78, 5) is 55.9. The molecule has 0 spiro atoms. The first-order valence-electron chi connectivity index (χ1n) is 18.7. The summed E-state index contributed by atoms with van der Waals surface area (Å²) in [5.74, 6) is -0.354. The predicted octanol–water partition coefficient (Wildman–Crippen LogP) is 6.45. The molecule has 2 unspecified atom stereocenters. The van der Waals surface area contributed by atoms with Crippen molar-refractivity contribution in [2.75, 3.05) is 48.6 Å². The summed E-state index contributed by atoms with van der Waals surface area (Å²) in [6.07, 6.45) is -1.54. The third-order valence-electron chi connectivity index (χ3n) is 10.4. The molecule has 312 valence electrons. The highest BCUT2D eigenvalue weighted by Gasteiger charge is 2.47. The fourth-order valence-electron chi connectivity index (χ4n) is 7.23. The topological polar surface area (TPSA) is 156 Å². The van der Waals surface area contributed by atoms with Crippen molar-refractivity contribution in [1.29, 1.82) is 5.26 Å². The number of nitrogens with zero attached hydrogens (tertiary/aromatic N) is 3. The number of amides is 4. The number of carbonyl (C=O) groups excluding carboxylic acids is 4. The average Bonchev–Trinajstić information content (AvgIpc) is 3.41. The van der Waals surface area contributed by atoms with Crippen molar-refractivity contribution < 1.29 is 41.5 Å². The number of ether oxygens (including phenoxy) is 1. The number of nitrogens with one attached hydrogen (secondary N) is 4. The van der Waals surface area contributed by atoms with E-state index in [1.165, 1.54) is 6.07 Å². The number of anilines is 3. The number of hydrogen-bond donors (Lipinski definition) is 5. The number of imide groups is 1. The molecule has 3 aliphatic rings. The molecule has 2 atom stereocenters. The SMILES string of the molecule is CC1(C)C(=O)N(c2ccc(C#N)c(C(F)(F)F)c2)N[SH]1c1ccc(OCCC2CCN(CC(=O)Nc3cccc(NC4CCC(=O)NC4=O)c3)CC2)c(CCF)c1.Cl. The third-order valence-corrected chi connectivity index (χ3v) is 12.9. The summed E-state index contributed by atoms with van der Waals surface area (Å²) in [6.45, 7) is 4.89. The van der Waals surface area contributed by atoms with Gasteiger partial charge in [0.1, 0.15) is 11.8 Å². The van der Waals surface area contributed by atoms with Crippen LogP contribution in [0.1, 0.15) is 62.6 Å². The fourth-order valence-corrected chi connectivity index (χ4v) is 9.45. The van der Waals surface area contributed by atoms with Gasteiger partial charge in [0.25, 0.3) is 5.91 Å². The number of thiol groups is 1. The molecule has 0 saturated carbocycles. The van der Waals surface area contributed by atoms with E-state index in [2.05, 4.69) is 25.7 Å². The Morgan fingerprint density at radius 3 is 2.47 bits per heavy atom. The van der Waals surface area contributed by atoms with Gasteiger partial charge in [0, 0.05) is 29.1 Å². The van der Waals surface area contributed by atoms with E-state index in [0.717, 1.165) is 49.5 Å². The number of carbonyl (C=O) groups is 4. The highest BCUT2D eigenvalue weighted by atomic mass is 35.5. The van der Waals surface area contributed by atoms with Crippen molar-refractivity contribution >= 4 is 64.2 Å². The van der Waals surface area contributed by atoms with Gasteiger partial charge in [-0.3, -0.25) is 33.8 Å². The quantitative estimate of drug-likeness (QED) is 0.0742. The molecule has 0 bridgehead atoms. The van der Waals surface area contributed by atoms with Crippen LogP contribution in [-0.4, -0.2) is 72.2 Å². The zero-order chi connectivity index (χ0) is 40.9. The summed E-state index contributed by atoms with van der Waals surface area (Å²) in [7, 11) is 0. The van der Waals surface area contributed by atoms with Crippen LogP contribution in [0.25, 0.3) is 0 Å². The Labute approximate surface area is 342 Å². The second kappa shape index (κ2) is 18.8. The number of likely N-dealkylation sites (tertiary alicyclic amines) is 1. The normalized spacial score (nSPS) is 20.5. The lowest BCUT2D eigenvalue weighted by Gasteiger charge is -2.31. The van der Waals surface area contributed by atoms with Gasteiger partial charge in [-0.2, -0.15) is 23.3 Å². The average molecular weight is 848 g/mol. The summed E-state index contributed by atoms with van der Waals surface area (Å²) < 4.78 is 60.0. The van der Waals surface area contributed by atoms with Gasteiger partial charge in [-0.25, -0.2) is 5.01 Å². The van der Waals surface area contributed by atoms with Crippen molar-refractivity contribution in [2.45, 2.75) is 74.2 Å². The molecular weight excluding hydrogens is 802 g/mol. The Hall–Kier alpha value is -4.89. The van der Waals surface area contributed by atoms with Gasteiger partial charge in [-0.1, -0.05) is 6.07 Å². The number of halogens is 5. The first-order chi connectivity index (χ1) is 27.2. The standard InChI is InChI=1S/C40H45F4N7O5S.ClH/c1-39(2)38(55)51(30-7-6-27(23-45)32(22-30)40(42,43)44)49-57(39)31-8-10-34(26(20-31)12-16-41)56-19-15-25-13-17-50(18-14-25)24-36(53)47-29-5-3-4-28(21-29)46-33-9-11-35(52)48-37(33)54;/h3-8,10,20-22,25,33,46,49,57H,9,11-19,24H2,1-2H3,(H,47,53)(H,48,52,54);1H. The molecule has 58 heavy (non-hydrogen) atoms. The van der Waals surface area contributed by atoms with Crippen molar-refractivity contribution in [3.05, 3.63) is 77.4 Å². The summed E-state index contributed by atoms with van der Waals surface area (Å²) in [5, 5.41) is 18.7.